The summed E-state index contributed by atoms with van der Waals surface area (Å²) in [5.41, 5.74) is 1.25. The number of nitrogens with zero attached hydrogens (tertiary/aromatic N) is 3. The number of amides is 1. The average Bonchev–Trinajstić information content (AvgIpc) is 3.33. The Labute approximate surface area is 163 Å². The van der Waals surface area contributed by atoms with Crippen LogP contribution >= 0.6 is 11.8 Å². The van der Waals surface area contributed by atoms with Gasteiger partial charge in [-0.25, -0.2) is 0 Å². The molecule has 7 heteroatoms. The lowest BCUT2D eigenvalue weighted by molar-refractivity contribution is -0.120. The molecule has 0 spiro atoms. The van der Waals surface area contributed by atoms with Gasteiger partial charge in [-0.3, -0.25) is 4.79 Å². The smallest absolute Gasteiger partial charge is 0.233 e. The quantitative estimate of drug-likeness (QED) is 0.597. The van der Waals surface area contributed by atoms with Crippen molar-refractivity contribution in [1.29, 1.82) is 0 Å². The van der Waals surface area contributed by atoms with Gasteiger partial charge < -0.3 is 14.3 Å². The second-order valence-electron chi connectivity index (χ2n) is 6.36. The van der Waals surface area contributed by atoms with E-state index in [-0.39, 0.29) is 11.2 Å². The molecular weight excluding hydrogens is 360 g/mol. The summed E-state index contributed by atoms with van der Waals surface area (Å²) in [4.78, 5) is 12.5. The van der Waals surface area contributed by atoms with E-state index in [9.17, 15) is 4.79 Å². The number of rotatable bonds is 8. The van der Waals surface area contributed by atoms with Gasteiger partial charge in [0.2, 0.25) is 5.91 Å². The molecule has 1 amide bonds. The molecule has 142 valence electrons. The van der Waals surface area contributed by atoms with Gasteiger partial charge in [0.15, 0.2) is 16.7 Å². The zero-order valence-electron chi connectivity index (χ0n) is 15.8. The Morgan fingerprint density at radius 2 is 2.00 bits per heavy atom. The van der Waals surface area contributed by atoms with E-state index in [1.807, 2.05) is 48.9 Å². The number of carbonyl (C=O) groups is 1. The third kappa shape index (κ3) is 4.60. The lowest BCUT2D eigenvalue weighted by Gasteiger charge is -2.18. The molecule has 0 saturated heterocycles. The number of carbonyl (C=O) groups excluding carboxylic acids is 1. The van der Waals surface area contributed by atoms with E-state index in [0.717, 1.165) is 6.42 Å². The van der Waals surface area contributed by atoms with Crippen LogP contribution in [-0.2, 0) is 11.8 Å². The van der Waals surface area contributed by atoms with Crippen LogP contribution in [0, 0.1) is 0 Å². The summed E-state index contributed by atoms with van der Waals surface area (Å²) in [6, 6.07) is 13.9. The summed E-state index contributed by atoms with van der Waals surface area (Å²) in [6.45, 7) is 4.64. The lowest BCUT2D eigenvalue weighted by Crippen LogP contribution is -2.34. The van der Waals surface area contributed by atoms with Crippen molar-refractivity contribution >= 4 is 17.7 Å². The number of hydrogen-bond donors (Lipinski definition) is 1. The number of thioether (sulfide) groups is 1. The molecule has 3 aromatic rings. The Kier molecular flexibility index (Phi) is 6.34. The summed E-state index contributed by atoms with van der Waals surface area (Å²) in [6.07, 6.45) is 2.57. The van der Waals surface area contributed by atoms with Crippen molar-refractivity contribution in [3.63, 3.8) is 0 Å². The summed E-state index contributed by atoms with van der Waals surface area (Å²) in [5, 5.41) is 11.8. The summed E-state index contributed by atoms with van der Waals surface area (Å²) in [5.74, 6) is 1.61. The van der Waals surface area contributed by atoms with Crippen LogP contribution in [0.5, 0.6) is 0 Å². The Bertz CT molecular complexity index is 862. The van der Waals surface area contributed by atoms with Gasteiger partial charge in [-0.15, -0.1) is 10.2 Å². The van der Waals surface area contributed by atoms with Gasteiger partial charge in [0, 0.05) is 19.5 Å². The maximum Gasteiger partial charge on any atom is 0.233 e. The first-order valence-corrected chi connectivity index (χ1v) is 9.90. The second kappa shape index (κ2) is 8.90. The maximum absolute atomic E-state index is 12.5. The van der Waals surface area contributed by atoms with Crippen molar-refractivity contribution in [3.05, 3.63) is 54.3 Å². The highest BCUT2D eigenvalue weighted by Crippen LogP contribution is 2.26. The van der Waals surface area contributed by atoms with Crippen LogP contribution < -0.4 is 5.32 Å². The molecule has 3 rings (SSSR count). The minimum absolute atomic E-state index is 0.00284. The van der Waals surface area contributed by atoms with E-state index in [4.69, 9.17) is 4.42 Å². The van der Waals surface area contributed by atoms with Crippen molar-refractivity contribution in [2.24, 2.45) is 7.05 Å². The number of furan rings is 1. The van der Waals surface area contributed by atoms with Gasteiger partial charge >= 0.3 is 0 Å². The normalized spacial score (nSPS) is 13.3. The highest BCUT2D eigenvalue weighted by atomic mass is 32.2. The third-order valence-electron chi connectivity index (χ3n) is 4.51. The van der Waals surface area contributed by atoms with Gasteiger partial charge in [0.1, 0.15) is 0 Å². The molecule has 1 aromatic carbocycles. The molecule has 6 nitrogen and oxygen atoms in total. The van der Waals surface area contributed by atoms with Crippen molar-refractivity contribution in [3.8, 4) is 11.6 Å². The van der Waals surface area contributed by atoms with Crippen molar-refractivity contribution in [1.82, 2.24) is 20.1 Å². The first-order chi connectivity index (χ1) is 13.1. The SMILES string of the molecule is CC[C@@H](CNC(=O)[C@H](C)Sc1nnc(-c2ccco2)n1C)c1ccccc1. The van der Waals surface area contributed by atoms with E-state index in [1.54, 1.807) is 6.26 Å². The third-order valence-corrected chi connectivity index (χ3v) is 5.65. The van der Waals surface area contributed by atoms with Crippen LogP contribution in [0.25, 0.3) is 11.6 Å². The largest absolute Gasteiger partial charge is 0.461 e. The highest BCUT2D eigenvalue weighted by Gasteiger charge is 2.21. The van der Waals surface area contributed by atoms with E-state index >= 15 is 0 Å². The van der Waals surface area contributed by atoms with Crippen molar-refractivity contribution in [2.45, 2.75) is 36.6 Å². The minimum atomic E-state index is -0.273. The fourth-order valence-corrected chi connectivity index (χ4v) is 3.68. The molecule has 2 heterocycles. The predicted molar refractivity (Wildman–Crippen MR) is 107 cm³/mol. The van der Waals surface area contributed by atoms with Crippen molar-refractivity contribution in [2.75, 3.05) is 6.54 Å². The highest BCUT2D eigenvalue weighted by molar-refractivity contribution is 8.00. The van der Waals surface area contributed by atoms with E-state index < -0.39 is 0 Å². The monoisotopic (exact) mass is 384 g/mol. The van der Waals surface area contributed by atoms with Gasteiger partial charge in [0.05, 0.1) is 11.5 Å². The van der Waals surface area contributed by atoms with E-state index in [1.165, 1.54) is 17.3 Å². The van der Waals surface area contributed by atoms with Crippen LogP contribution in [0.15, 0.2) is 58.3 Å². The molecular formula is C20H24N4O2S. The Morgan fingerprint density at radius 3 is 2.67 bits per heavy atom. The van der Waals surface area contributed by atoms with Gasteiger partial charge in [-0.05, 0) is 31.0 Å². The topological polar surface area (TPSA) is 73.0 Å². The first-order valence-electron chi connectivity index (χ1n) is 9.02. The lowest BCUT2D eigenvalue weighted by atomic mass is 9.96. The van der Waals surface area contributed by atoms with Gasteiger partial charge in [0.25, 0.3) is 0 Å². The molecule has 0 aliphatic rings. The second-order valence-corrected chi connectivity index (χ2v) is 7.67. The van der Waals surface area contributed by atoms with Gasteiger partial charge in [-0.1, -0.05) is 49.0 Å². The average molecular weight is 385 g/mol. The molecule has 0 bridgehead atoms. The fourth-order valence-electron chi connectivity index (χ4n) is 2.84. The molecule has 0 unspecified atom stereocenters. The van der Waals surface area contributed by atoms with Crippen LogP contribution in [0.3, 0.4) is 0 Å². The molecule has 1 N–H and O–H groups in total. The zero-order chi connectivity index (χ0) is 19.2. The van der Waals surface area contributed by atoms with Crippen LogP contribution in [-0.4, -0.2) is 32.5 Å². The van der Waals surface area contributed by atoms with Crippen LogP contribution in [0.2, 0.25) is 0 Å². The number of aromatic nitrogens is 3. The molecule has 0 fully saturated rings. The zero-order valence-corrected chi connectivity index (χ0v) is 16.6. The van der Waals surface area contributed by atoms with E-state index in [2.05, 4.69) is 34.6 Å². The summed E-state index contributed by atoms with van der Waals surface area (Å²) >= 11 is 1.39. The minimum Gasteiger partial charge on any atom is -0.461 e. The summed E-state index contributed by atoms with van der Waals surface area (Å²) in [7, 11) is 1.87. The van der Waals surface area contributed by atoms with Crippen LogP contribution in [0.1, 0.15) is 31.7 Å². The molecule has 2 atom stereocenters. The fraction of sp³-hybridized carbons (Fsp3) is 0.350. The first kappa shape index (κ1) is 19.2. The Morgan fingerprint density at radius 1 is 1.22 bits per heavy atom. The van der Waals surface area contributed by atoms with Gasteiger partial charge in [-0.2, -0.15) is 0 Å². The van der Waals surface area contributed by atoms with E-state index in [0.29, 0.717) is 29.2 Å². The molecule has 0 aliphatic heterocycles. The van der Waals surface area contributed by atoms with Crippen LogP contribution in [0.4, 0.5) is 0 Å². The summed E-state index contributed by atoms with van der Waals surface area (Å²) < 4.78 is 7.21. The predicted octanol–water partition coefficient (Wildman–Crippen LogP) is 3.87. The Balaban J connectivity index is 1.58. The molecule has 0 aliphatic carbocycles. The number of nitrogens with one attached hydrogen (secondary N) is 1. The standard InChI is InChI=1S/C20H24N4O2S/c1-4-15(16-9-6-5-7-10-16)13-21-19(25)14(2)27-20-23-22-18(24(20)3)17-11-8-12-26-17/h5-12,14-15H,4,13H2,1-3H3,(H,21,25)/t14-,15-/m0/s1. The number of benzene rings is 1. The van der Waals surface area contributed by atoms with Crippen molar-refractivity contribution < 1.29 is 9.21 Å². The number of hydrogen-bond acceptors (Lipinski definition) is 5. The Hall–Kier alpha value is -2.54. The molecule has 0 radical (unpaired) electrons. The molecule has 27 heavy (non-hydrogen) atoms. The molecule has 2 aromatic heterocycles. The maximum atomic E-state index is 12.5. The molecule has 0 saturated carbocycles.